The van der Waals surface area contributed by atoms with Crippen LogP contribution in [0.5, 0.6) is 0 Å². The highest BCUT2D eigenvalue weighted by Crippen LogP contribution is 2.26. The molecule has 3 aliphatic rings. The lowest BCUT2D eigenvalue weighted by Crippen LogP contribution is -2.40. The summed E-state index contributed by atoms with van der Waals surface area (Å²) in [5.41, 5.74) is 0.674. The molecule has 0 spiro atoms. The van der Waals surface area contributed by atoms with Crippen LogP contribution >= 0.6 is 0 Å². The molecule has 1 saturated carbocycles. The molecule has 0 aromatic carbocycles. The summed E-state index contributed by atoms with van der Waals surface area (Å²) in [6.45, 7) is 53.8. The van der Waals surface area contributed by atoms with Crippen molar-refractivity contribution in [2.45, 2.75) is 252 Å². The minimum atomic E-state index is -0.821. The van der Waals surface area contributed by atoms with Crippen LogP contribution < -0.4 is 10.6 Å². The Hall–Kier alpha value is -2.31. The number of likely N-dealkylation sites (tertiary alicyclic amines) is 1. The van der Waals surface area contributed by atoms with Crippen LogP contribution in [0, 0.1) is 17.2 Å². The number of alkyl halides is 1. The van der Waals surface area contributed by atoms with Gasteiger partial charge in [-0.1, -0.05) is 6.07 Å². The monoisotopic (exact) mass is 1430 g/mol. The molecule has 0 bridgehead atoms. The SMILES string of the molecule is CC(C)(C)OCCCN(CC#N)CC(O)CO.CC(C)(C)OCCCN(CCc1cccnc1)CC(O)CO.CC(C)(C)OCCCN1CCC(F)C1.CC(C)(C)OCCCN[C@@H]1C[C@H](CO)[C@@H](O)[C@H]1O.CC(C)(C)OCCN1CCOCC1.COCC(O)CNCCCOC(C)(C)C. The van der Waals surface area contributed by atoms with Gasteiger partial charge < -0.3 is 99.2 Å². The molecule has 24 nitrogen and oxygen atoms in total. The molecule has 10 N–H and O–H groups in total. The van der Waals surface area contributed by atoms with Crippen molar-refractivity contribution in [3.8, 4) is 6.07 Å². The third-order valence-corrected chi connectivity index (χ3v) is 14.9. The summed E-state index contributed by atoms with van der Waals surface area (Å²) in [6.07, 6.45) is 6.25. The van der Waals surface area contributed by atoms with Crippen molar-refractivity contribution >= 4 is 0 Å². The van der Waals surface area contributed by atoms with Crippen LogP contribution in [0.2, 0.25) is 0 Å². The molecule has 3 heterocycles. The zero-order valence-electron chi connectivity index (χ0n) is 65.6. The third kappa shape index (κ3) is 65.0. The molecule has 0 radical (unpaired) electrons. The number of pyridine rings is 1. The zero-order chi connectivity index (χ0) is 75.6. The minimum Gasteiger partial charge on any atom is -0.396 e. The third-order valence-electron chi connectivity index (χ3n) is 14.9. The Morgan fingerprint density at radius 1 is 0.626 bits per heavy atom. The van der Waals surface area contributed by atoms with Gasteiger partial charge in [0.25, 0.3) is 0 Å². The van der Waals surface area contributed by atoms with Crippen molar-refractivity contribution in [3.05, 3.63) is 30.1 Å². The predicted molar refractivity (Wildman–Crippen MR) is 393 cm³/mol. The van der Waals surface area contributed by atoms with E-state index in [9.17, 15) is 29.9 Å². The predicted octanol–water partition coefficient (Wildman–Crippen LogP) is 5.90. The van der Waals surface area contributed by atoms with Crippen molar-refractivity contribution in [1.82, 2.24) is 35.2 Å². The highest BCUT2D eigenvalue weighted by Gasteiger charge is 2.40. The summed E-state index contributed by atoms with van der Waals surface area (Å²) in [5.74, 6) is -0.219. The fourth-order valence-corrected chi connectivity index (χ4v) is 9.81. The Morgan fingerprint density at radius 2 is 1.11 bits per heavy atom. The number of morpholine rings is 1. The van der Waals surface area contributed by atoms with Crippen molar-refractivity contribution in [2.75, 3.05) is 185 Å². The van der Waals surface area contributed by atoms with Gasteiger partial charge in [0.2, 0.25) is 0 Å². The van der Waals surface area contributed by atoms with E-state index in [2.05, 4.69) is 77.9 Å². The number of nitriles is 1. The van der Waals surface area contributed by atoms with Gasteiger partial charge >= 0.3 is 0 Å². The first-order valence-corrected chi connectivity index (χ1v) is 36.5. The number of hydrogen-bond acceptors (Lipinski definition) is 24. The van der Waals surface area contributed by atoms with Crippen LogP contribution in [0.1, 0.15) is 175 Å². The Balaban J connectivity index is 0. The summed E-state index contributed by atoms with van der Waals surface area (Å²) in [6, 6.07) is 5.90. The first-order valence-electron chi connectivity index (χ1n) is 36.5. The van der Waals surface area contributed by atoms with E-state index in [1.54, 1.807) is 13.3 Å². The van der Waals surface area contributed by atoms with Gasteiger partial charge in [0.05, 0.1) is 116 Å². The number of aliphatic hydroxyl groups excluding tert-OH is 8. The van der Waals surface area contributed by atoms with E-state index in [4.69, 9.17) is 58.5 Å². The molecule has 3 fully saturated rings. The topological polar surface area (TPSA) is 309 Å². The van der Waals surface area contributed by atoms with Crippen LogP contribution in [0.15, 0.2) is 24.5 Å². The molecule has 25 heteroatoms. The van der Waals surface area contributed by atoms with E-state index in [0.29, 0.717) is 72.0 Å². The highest BCUT2D eigenvalue weighted by molar-refractivity contribution is 5.08. The van der Waals surface area contributed by atoms with E-state index in [0.717, 1.165) is 130 Å². The van der Waals surface area contributed by atoms with Crippen molar-refractivity contribution < 1.29 is 83.1 Å². The van der Waals surface area contributed by atoms with Gasteiger partial charge in [0.15, 0.2) is 0 Å². The molecule has 4 rings (SSSR count). The number of aromatic nitrogens is 1. The van der Waals surface area contributed by atoms with Gasteiger partial charge in [-0.2, -0.15) is 5.26 Å². The fourth-order valence-electron chi connectivity index (χ4n) is 9.81. The molecule has 2 aliphatic heterocycles. The number of nitrogens with one attached hydrogen (secondary N) is 2. The lowest BCUT2D eigenvalue weighted by Gasteiger charge is -2.28. The number of ether oxygens (including phenoxy) is 8. The maximum absolute atomic E-state index is 12.8. The van der Waals surface area contributed by atoms with Crippen LogP contribution in [0.25, 0.3) is 0 Å². The maximum Gasteiger partial charge on any atom is 0.114 e. The summed E-state index contributed by atoms with van der Waals surface area (Å²) >= 11 is 0. The molecule has 1 aromatic rings. The van der Waals surface area contributed by atoms with Gasteiger partial charge in [0.1, 0.15) is 6.17 Å². The van der Waals surface area contributed by atoms with Gasteiger partial charge in [-0.05, 0) is 201 Å². The van der Waals surface area contributed by atoms with Gasteiger partial charge in [0, 0.05) is 150 Å². The second-order valence-corrected chi connectivity index (χ2v) is 31.7. The number of hydrogen-bond donors (Lipinski definition) is 10. The average molecular weight is 1430 g/mol. The molecule has 2 saturated heterocycles. The maximum atomic E-state index is 12.8. The van der Waals surface area contributed by atoms with E-state index < -0.39 is 36.7 Å². The lowest BCUT2D eigenvalue weighted by molar-refractivity contribution is -0.0283. The lowest BCUT2D eigenvalue weighted by atomic mass is 10.1. The van der Waals surface area contributed by atoms with Crippen molar-refractivity contribution in [2.24, 2.45) is 5.92 Å². The quantitative estimate of drug-likeness (QED) is 0.0271. The summed E-state index contributed by atoms with van der Waals surface area (Å²) in [7, 11) is 1.58. The first-order chi connectivity index (χ1) is 46.1. The number of rotatable bonds is 39. The molecule has 4 unspecified atom stereocenters. The fraction of sp³-hybridized carbons (Fsp3) is 0.919. The van der Waals surface area contributed by atoms with E-state index in [1.165, 1.54) is 5.56 Å². The van der Waals surface area contributed by atoms with Crippen LogP contribution in [-0.4, -0.2) is 326 Å². The van der Waals surface area contributed by atoms with Crippen LogP contribution in [0.3, 0.4) is 0 Å². The van der Waals surface area contributed by atoms with E-state index in [1.807, 2.05) is 106 Å². The van der Waals surface area contributed by atoms with Crippen LogP contribution in [-0.2, 0) is 44.3 Å². The number of halogens is 1. The second-order valence-electron chi connectivity index (χ2n) is 31.7. The molecule has 588 valence electrons. The van der Waals surface area contributed by atoms with Crippen molar-refractivity contribution in [1.29, 1.82) is 5.26 Å². The molecule has 1 aromatic heterocycles. The minimum absolute atomic E-state index is 0.00765. The summed E-state index contributed by atoms with van der Waals surface area (Å²) in [4.78, 5) is 12.7. The van der Waals surface area contributed by atoms with Crippen LogP contribution in [0.4, 0.5) is 4.39 Å². The van der Waals surface area contributed by atoms with Gasteiger partial charge in [-0.3, -0.25) is 14.8 Å². The highest BCUT2D eigenvalue weighted by atomic mass is 19.1. The van der Waals surface area contributed by atoms with Gasteiger partial charge in [-0.15, -0.1) is 0 Å². The zero-order valence-corrected chi connectivity index (χ0v) is 65.6. The van der Waals surface area contributed by atoms with E-state index in [-0.39, 0.29) is 71.9 Å². The molecule has 99 heavy (non-hydrogen) atoms. The number of methoxy groups -OCH3 is 1. The smallest absolute Gasteiger partial charge is 0.114 e. The standard InChI is InChI=1S/C17H30N2O3.C13H27NO4.C12H24N2O3.C11H22FNO.C11H25NO3.C10H21NO2/c1-17(2,3)22-11-5-9-19(13-16(21)14-20)10-7-15-6-4-8-18-12-15;1-13(2,3)18-6-4-5-14-10-7-9(8-15)11(16)12(10)17;1-12(2,3)17-8-4-6-14(7-5-13)9-11(16)10-15;1-11(2,3)14-8-4-6-13-7-5-10(12)9-13;1-11(2,3)15-7-5-6-12-8-10(13)9-14-4;1-10(2,3)13-9-6-11-4-7-12-8-5-11/h4,6,8,12,16,20-21H,5,7,9-11,13-14H2,1-3H3;9-12,14-17H,4-8H2,1-3H3;11,15-16H,4,6-10H2,1-3H3;10H,4-9H2,1-3H3;10,12-13H,5-9H2,1-4H3;4-9H2,1-3H3/t;9-,10-,11-,12+;;;;/m.1..../s1. The Bertz CT molecular complexity index is 2030. The molecule has 1 aliphatic carbocycles. The Kier molecular flexibility index (Phi) is 55.9. The first kappa shape index (κ1) is 98.7. The average Bonchev–Trinajstić information content (AvgIpc) is 1.70. The normalized spacial score (nSPS) is 19.7. The van der Waals surface area contributed by atoms with Crippen molar-refractivity contribution in [3.63, 3.8) is 0 Å². The van der Waals surface area contributed by atoms with E-state index >= 15 is 0 Å². The molecular weight excluding hydrogens is 1280 g/mol. The largest absolute Gasteiger partial charge is 0.396 e. The number of nitrogens with zero attached hydrogens (tertiary/aromatic N) is 6. The molecular formula is C74H149FN8O16. The Labute approximate surface area is 600 Å². The van der Waals surface area contributed by atoms with Gasteiger partial charge in [-0.25, -0.2) is 4.39 Å². The number of aliphatic hydroxyl groups is 8. The molecule has 8 atom stereocenters. The second kappa shape index (κ2) is 56.1. The summed E-state index contributed by atoms with van der Waals surface area (Å²) < 4.78 is 56.6. The Morgan fingerprint density at radius 3 is 1.56 bits per heavy atom. The molecule has 0 amide bonds. The summed E-state index contributed by atoms with van der Waals surface area (Å²) in [5, 5.41) is 89.6.